The van der Waals surface area contributed by atoms with Gasteiger partial charge in [-0.15, -0.1) is 6.42 Å². The van der Waals surface area contributed by atoms with Gasteiger partial charge in [-0.1, -0.05) is 84.8 Å². The molecule has 32 heavy (non-hydrogen) atoms. The molecule has 1 heterocycles. The lowest BCUT2D eigenvalue weighted by molar-refractivity contribution is -0.136. The monoisotopic (exact) mass is 421 g/mol. The van der Waals surface area contributed by atoms with Crippen LogP contribution in [0.3, 0.4) is 0 Å². The molecular weight excluding hydrogens is 398 g/mol. The molecular formula is C27H23N3O2. The number of terminal acetylenes is 1. The molecule has 0 aliphatic heterocycles. The molecule has 2 N–H and O–H groups in total. The Kier molecular flexibility index (Phi) is 5.89. The van der Waals surface area contributed by atoms with E-state index in [1.807, 2.05) is 47.9 Å². The van der Waals surface area contributed by atoms with Gasteiger partial charge in [0.15, 0.2) is 5.60 Å². The van der Waals surface area contributed by atoms with E-state index in [0.717, 1.165) is 22.2 Å². The Hall–Kier alpha value is -4.14. The van der Waals surface area contributed by atoms with Crippen molar-refractivity contribution in [3.05, 3.63) is 107 Å². The molecule has 0 aliphatic rings. The first-order chi connectivity index (χ1) is 15.6. The van der Waals surface area contributed by atoms with E-state index in [1.165, 1.54) is 0 Å². The predicted octanol–water partition coefficient (Wildman–Crippen LogP) is 3.97. The summed E-state index contributed by atoms with van der Waals surface area (Å²) in [7, 11) is 0. The van der Waals surface area contributed by atoms with Gasteiger partial charge < -0.3 is 9.67 Å². The first-order valence-electron chi connectivity index (χ1n) is 10.3. The van der Waals surface area contributed by atoms with Crippen LogP contribution < -0.4 is 5.43 Å². The topological polar surface area (TPSA) is 66.6 Å². The molecule has 0 aliphatic carbocycles. The molecule has 158 valence electrons. The van der Waals surface area contributed by atoms with Gasteiger partial charge in [-0.05, 0) is 24.1 Å². The number of hydrogen-bond donors (Lipinski definition) is 2. The summed E-state index contributed by atoms with van der Waals surface area (Å²) in [5.74, 6) is 2.03. The summed E-state index contributed by atoms with van der Waals surface area (Å²) < 4.78 is 2.03. The number of hydrazone groups is 1. The normalized spacial score (nSPS) is 11.5. The number of carbonyl (C=O) groups is 1. The molecule has 0 atom stereocenters. The SMILES string of the molecule is C#CCn1c(C)c(C=NNC(=O)C(O)(c2ccccc2)c2ccccc2)c2ccccc21. The van der Waals surface area contributed by atoms with Gasteiger partial charge in [0.2, 0.25) is 0 Å². The molecule has 1 aromatic heterocycles. The van der Waals surface area contributed by atoms with E-state index < -0.39 is 11.5 Å². The largest absolute Gasteiger partial charge is 0.372 e. The molecule has 4 rings (SSSR count). The van der Waals surface area contributed by atoms with E-state index >= 15 is 0 Å². The zero-order valence-corrected chi connectivity index (χ0v) is 17.7. The number of para-hydroxylation sites is 1. The van der Waals surface area contributed by atoms with Gasteiger partial charge >= 0.3 is 0 Å². The van der Waals surface area contributed by atoms with Crippen LogP contribution in [-0.2, 0) is 16.9 Å². The molecule has 0 radical (unpaired) electrons. The Bertz CT molecular complexity index is 1280. The first kappa shape index (κ1) is 21.1. The van der Waals surface area contributed by atoms with Gasteiger partial charge in [0.25, 0.3) is 5.91 Å². The first-order valence-corrected chi connectivity index (χ1v) is 10.3. The zero-order valence-electron chi connectivity index (χ0n) is 17.7. The summed E-state index contributed by atoms with van der Waals surface area (Å²) in [6, 6.07) is 25.5. The number of benzene rings is 3. The van der Waals surface area contributed by atoms with Crippen LogP contribution in [0.5, 0.6) is 0 Å². The van der Waals surface area contributed by atoms with Crippen molar-refractivity contribution in [1.82, 2.24) is 9.99 Å². The molecule has 5 nitrogen and oxygen atoms in total. The Labute approximate surface area is 187 Å². The predicted molar refractivity (Wildman–Crippen MR) is 127 cm³/mol. The molecule has 1 amide bonds. The third-order valence-corrected chi connectivity index (χ3v) is 5.60. The lowest BCUT2D eigenvalue weighted by atomic mass is 9.85. The highest BCUT2D eigenvalue weighted by atomic mass is 16.3. The molecule has 0 saturated heterocycles. The number of aliphatic hydroxyl groups is 1. The number of fused-ring (bicyclic) bond motifs is 1. The van der Waals surface area contributed by atoms with E-state index in [1.54, 1.807) is 54.7 Å². The lowest BCUT2D eigenvalue weighted by Crippen LogP contribution is -2.43. The molecule has 4 aromatic rings. The van der Waals surface area contributed by atoms with E-state index in [2.05, 4.69) is 16.4 Å². The highest BCUT2D eigenvalue weighted by Crippen LogP contribution is 2.30. The van der Waals surface area contributed by atoms with Crippen molar-refractivity contribution in [1.29, 1.82) is 0 Å². The number of carbonyl (C=O) groups excluding carboxylic acids is 1. The molecule has 0 fully saturated rings. The van der Waals surface area contributed by atoms with E-state index in [9.17, 15) is 9.90 Å². The summed E-state index contributed by atoms with van der Waals surface area (Å²) in [5.41, 5.74) is 4.38. The van der Waals surface area contributed by atoms with Gasteiger partial charge in [0, 0.05) is 22.2 Å². The van der Waals surface area contributed by atoms with Crippen LogP contribution in [0.15, 0.2) is 90.0 Å². The third kappa shape index (κ3) is 3.68. The summed E-state index contributed by atoms with van der Waals surface area (Å²) in [5, 5.41) is 16.7. The number of aromatic nitrogens is 1. The zero-order chi connectivity index (χ0) is 22.6. The minimum atomic E-state index is -1.88. The fourth-order valence-electron chi connectivity index (χ4n) is 3.94. The van der Waals surface area contributed by atoms with Crippen LogP contribution in [0.2, 0.25) is 0 Å². The Morgan fingerprint density at radius 1 is 1.03 bits per heavy atom. The second-order valence-electron chi connectivity index (χ2n) is 7.45. The standard InChI is InChI=1S/C27H23N3O2/c1-3-18-30-20(2)24(23-16-10-11-17-25(23)30)19-28-29-26(31)27(32,21-12-6-4-7-13-21)22-14-8-5-9-15-22/h1,4-17,19,32H,18H2,2H3,(H,29,31). The number of rotatable bonds is 6. The van der Waals surface area contributed by atoms with E-state index in [-0.39, 0.29) is 0 Å². The van der Waals surface area contributed by atoms with Crippen molar-refractivity contribution < 1.29 is 9.90 Å². The minimum Gasteiger partial charge on any atom is -0.372 e. The Morgan fingerprint density at radius 2 is 1.59 bits per heavy atom. The fraction of sp³-hybridized carbons (Fsp3) is 0.111. The van der Waals surface area contributed by atoms with Crippen LogP contribution in [0, 0.1) is 19.3 Å². The molecule has 5 heteroatoms. The number of nitrogens with one attached hydrogen (secondary N) is 1. The fourth-order valence-corrected chi connectivity index (χ4v) is 3.94. The summed E-state index contributed by atoms with van der Waals surface area (Å²) in [6.45, 7) is 2.40. The van der Waals surface area contributed by atoms with Crippen LogP contribution in [0.4, 0.5) is 0 Å². The summed E-state index contributed by atoms with van der Waals surface area (Å²) >= 11 is 0. The maximum atomic E-state index is 13.2. The van der Waals surface area contributed by atoms with E-state index in [0.29, 0.717) is 17.7 Å². The minimum absolute atomic E-state index is 0.439. The van der Waals surface area contributed by atoms with Crippen molar-refractivity contribution in [2.45, 2.75) is 19.1 Å². The molecule has 0 spiro atoms. The van der Waals surface area contributed by atoms with Crippen molar-refractivity contribution in [2.75, 3.05) is 0 Å². The highest BCUT2D eigenvalue weighted by Gasteiger charge is 2.39. The highest BCUT2D eigenvalue weighted by molar-refractivity contribution is 6.01. The van der Waals surface area contributed by atoms with Gasteiger partial charge in [0.1, 0.15) is 0 Å². The molecule has 3 aromatic carbocycles. The summed E-state index contributed by atoms with van der Waals surface area (Å²) in [4.78, 5) is 13.2. The lowest BCUT2D eigenvalue weighted by Gasteiger charge is -2.27. The maximum Gasteiger partial charge on any atom is 0.281 e. The second kappa shape index (κ2) is 8.93. The van der Waals surface area contributed by atoms with Gasteiger partial charge in [0.05, 0.1) is 12.8 Å². The quantitative estimate of drug-likeness (QED) is 0.281. The average Bonchev–Trinajstić information content (AvgIpc) is 3.11. The summed E-state index contributed by atoms with van der Waals surface area (Å²) in [6.07, 6.45) is 7.13. The van der Waals surface area contributed by atoms with E-state index in [4.69, 9.17) is 6.42 Å². The van der Waals surface area contributed by atoms with Crippen molar-refractivity contribution in [3.8, 4) is 12.3 Å². The maximum absolute atomic E-state index is 13.2. The van der Waals surface area contributed by atoms with Gasteiger partial charge in [-0.25, -0.2) is 5.43 Å². The molecule has 0 unspecified atom stereocenters. The van der Waals surface area contributed by atoms with Gasteiger partial charge in [-0.3, -0.25) is 4.79 Å². The van der Waals surface area contributed by atoms with Crippen LogP contribution in [0.25, 0.3) is 10.9 Å². The Morgan fingerprint density at radius 3 is 2.19 bits per heavy atom. The van der Waals surface area contributed by atoms with Crippen molar-refractivity contribution in [3.63, 3.8) is 0 Å². The molecule has 0 bridgehead atoms. The van der Waals surface area contributed by atoms with Crippen LogP contribution >= 0.6 is 0 Å². The third-order valence-electron chi connectivity index (χ3n) is 5.60. The number of amides is 1. The Balaban J connectivity index is 1.68. The van der Waals surface area contributed by atoms with Crippen molar-refractivity contribution in [2.24, 2.45) is 5.10 Å². The van der Waals surface area contributed by atoms with Crippen molar-refractivity contribution >= 4 is 23.0 Å². The van der Waals surface area contributed by atoms with Gasteiger partial charge in [-0.2, -0.15) is 5.10 Å². The average molecular weight is 422 g/mol. The molecule has 0 saturated carbocycles. The smallest absolute Gasteiger partial charge is 0.281 e. The number of hydrogen-bond acceptors (Lipinski definition) is 3. The second-order valence-corrected chi connectivity index (χ2v) is 7.45. The van der Waals surface area contributed by atoms with Crippen LogP contribution in [0.1, 0.15) is 22.4 Å². The number of nitrogens with zero attached hydrogens (tertiary/aromatic N) is 2. The van der Waals surface area contributed by atoms with Crippen LogP contribution in [-0.4, -0.2) is 21.8 Å².